The van der Waals surface area contributed by atoms with Gasteiger partial charge in [-0.3, -0.25) is 4.79 Å². The Morgan fingerprint density at radius 3 is 2.83 bits per heavy atom. The lowest BCUT2D eigenvalue weighted by Crippen LogP contribution is -2.17. The fourth-order valence-corrected chi connectivity index (χ4v) is 3.46. The average molecular weight is 329 g/mol. The summed E-state index contributed by atoms with van der Waals surface area (Å²) in [5.41, 5.74) is 2.91. The van der Waals surface area contributed by atoms with Gasteiger partial charge >= 0.3 is 0 Å². The maximum Gasteiger partial charge on any atom is 0.268 e. The van der Waals surface area contributed by atoms with Gasteiger partial charge in [0.2, 0.25) is 0 Å². The van der Waals surface area contributed by atoms with Crippen LogP contribution in [0, 0.1) is 0 Å². The molecule has 0 aliphatic rings. The number of thiophene rings is 1. The van der Waals surface area contributed by atoms with Crippen LogP contribution in [0.4, 0.5) is 0 Å². The van der Waals surface area contributed by atoms with Gasteiger partial charge < -0.3 is 9.88 Å². The Morgan fingerprint density at radius 1 is 1.48 bits per heavy atom. The number of aromatic amines is 1. The van der Waals surface area contributed by atoms with Crippen molar-refractivity contribution in [1.29, 1.82) is 0 Å². The molecule has 0 fully saturated rings. The Labute approximate surface area is 140 Å². The molecule has 122 valence electrons. The molecular weight excluding hydrogens is 306 g/mol. The molecular formula is C18H23N3OS. The SMILES string of the molecule is C=CC(=C(C)C)c1cc2nc(CN(C)/C=C\CC)[nH]c(=O)c2s1. The first-order valence-corrected chi connectivity index (χ1v) is 8.47. The van der Waals surface area contributed by atoms with Gasteiger partial charge in [-0.05, 0) is 38.1 Å². The van der Waals surface area contributed by atoms with Crippen molar-refractivity contribution in [3.8, 4) is 0 Å². The highest BCUT2D eigenvalue weighted by molar-refractivity contribution is 7.20. The summed E-state index contributed by atoms with van der Waals surface area (Å²) in [5, 5.41) is 0. The van der Waals surface area contributed by atoms with Crippen LogP contribution in [0.5, 0.6) is 0 Å². The molecule has 0 saturated heterocycles. The number of hydrogen-bond donors (Lipinski definition) is 1. The van der Waals surface area contributed by atoms with Crippen LogP contribution in [0.3, 0.4) is 0 Å². The molecule has 2 rings (SSSR count). The highest BCUT2D eigenvalue weighted by Gasteiger charge is 2.11. The molecule has 2 aromatic heterocycles. The third-order valence-corrected chi connectivity index (χ3v) is 4.59. The largest absolute Gasteiger partial charge is 0.373 e. The van der Waals surface area contributed by atoms with Crippen LogP contribution < -0.4 is 5.56 Å². The molecule has 5 heteroatoms. The lowest BCUT2D eigenvalue weighted by Gasteiger charge is -2.12. The molecule has 0 radical (unpaired) electrons. The highest BCUT2D eigenvalue weighted by atomic mass is 32.1. The Balaban J connectivity index is 2.42. The number of H-pyrrole nitrogens is 1. The Morgan fingerprint density at radius 2 is 2.22 bits per heavy atom. The molecule has 0 aliphatic carbocycles. The van der Waals surface area contributed by atoms with Gasteiger partial charge in [0, 0.05) is 11.9 Å². The highest BCUT2D eigenvalue weighted by Crippen LogP contribution is 2.30. The summed E-state index contributed by atoms with van der Waals surface area (Å²) < 4.78 is 0.663. The van der Waals surface area contributed by atoms with E-state index in [0.29, 0.717) is 17.1 Å². The summed E-state index contributed by atoms with van der Waals surface area (Å²) in [6.07, 6.45) is 6.89. The number of rotatable bonds is 6. The van der Waals surface area contributed by atoms with E-state index in [1.165, 1.54) is 16.9 Å². The zero-order valence-corrected chi connectivity index (χ0v) is 15.0. The van der Waals surface area contributed by atoms with E-state index in [1.807, 2.05) is 44.1 Å². The van der Waals surface area contributed by atoms with Gasteiger partial charge in [0.05, 0.1) is 12.1 Å². The normalized spacial score (nSPS) is 11.1. The summed E-state index contributed by atoms with van der Waals surface area (Å²) in [5.74, 6) is 0.674. The molecule has 0 bridgehead atoms. The topological polar surface area (TPSA) is 49.0 Å². The Hall–Kier alpha value is -2.14. The van der Waals surface area contributed by atoms with E-state index >= 15 is 0 Å². The Bertz CT molecular complexity index is 822. The average Bonchev–Trinajstić information content (AvgIpc) is 2.89. The van der Waals surface area contributed by atoms with Crippen LogP contribution >= 0.6 is 11.3 Å². The van der Waals surface area contributed by atoms with E-state index < -0.39 is 0 Å². The summed E-state index contributed by atoms with van der Waals surface area (Å²) in [6, 6.07) is 1.98. The van der Waals surface area contributed by atoms with Gasteiger partial charge in [-0.25, -0.2) is 4.98 Å². The molecule has 4 nitrogen and oxygen atoms in total. The minimum atomic E-state index is -0.0775. The fourth-order valence-electron chi connectivity index (χ4n) is 2.32. The Kier molecular flexibility index (Phi) is 5.55. The van der Waals surface area contributed by atoms with E-state index in [4.69, 9.17) is 0 Å². The van der Waals surface area contributed by atoms with Crippen LogP contribution in [0.2, 0.25) is 0 Å². The van der Waals surface area contributed by atoms with Gasteiger partial charge in [0.25, 0.3) is 5.56 Å². The lowest BCUT2D eigenvalue weighted by molar-refractivity contribution is 0.435. The van der Waals surface area contributed by atoms with Gasteiger partial charge in [-0.2, -0.15) is 0 Å². The first-order chi connectivity index (χ1) is 11.0. The van der Waals surface area contributed by atoms with E-state index in [-0.39, 0.29) is 5.56 Å². The molecule has 0 unspecified atom stereocenters. The molecule has 2 aromatic rings. The third kappa shape index (κ3) is 3.99. The van der Waals surface area contributed by atoms with Gasteiger partial charge in [-0.1, -0.05) is 31.2 Å². The van der Waals surface area contributed by atoms with Crippen LogP contribution in [0.1, 0.15) is 37.9 Å². The smallest absolute Gasteiger partial charge is 0.268 e. The molecule has 0 amide bonds. The zero-order chi connectivity index (χ0) is 17.0. The van der Waals surface area contributed by atoms with Crippen molar-refractivity contribution in [2.75, 3.05) is 7.05 Å². The van der Waals surface area contributed by atoms with Crippen molar-refractivity contribution in [3.05, 3.63) is 57.6 Å². The molecule has 0 aliphatic heterocycles. The van der Waals surface area contributed by atoms with E-state index in [0.717, 1.165) is 22.4 Å². The summed E-state index contributed by atoms with van der Waals surface area (Å²) in [4.78, 5) is 22.9. The monoisotopic (exact) mass is 329 g/mol. The summed E-state index contributed by atoms with van der Waals surface area (Å²) >= 11 is 1.46. The molecule has 0 aromatic carbocycles. The maximum atomic E-state index is 12.3. The second-order valence-corrected chi connectivity index (χ2v) is 6.72. The number of nitrogens with one attached hydrogen (secondary N) is 1. The number of aromatic nitrogens is 2. The van der Waals surface area contributed by atoms with E-state index in [9.17, 15) is 4.79 Å². The van der Waals surface area contributed by atoms with E-state index in [2.05, 4.69) is 29.5 Å². The van der Waals surface area contributed by atoms with E-state index in [1.54, 1.807) is 0 Å². The zero-order valence-electron chi connectivity index (χ0n) is 14.1. The third-order valence-electron chi connectivity index (χ3n) is 3.43. The molecule has 0 spiro atoms. The summed E-state index contributed by atoms with van der Waals surface area (Å²) in [6.45, 7) is 10.6. The van der Waals surface area contributed by atoms with Crippen LogP contribution in [0.15, 0.2) is 41.4 Å². The molecule has 2 heterocycles. The predicted molar refractivity (Wildman–Crippen MR) is 99.6 cm³/mol. The number of fused-ring (bicyclic) bond motifs is 1. The predicted octanol–water partition coefficient (Wildman–Crippen LogP) is 4.32. The van der Waals surface area contributed by atoms with Crippen LogP contribution in [0.25, 0.3) is 15.8 Å². The van der Waals surface area contributed by atoms with Crippen molar-refractivity contribution in [2.45, 2.75) is 33.7 Å². The van der Waals surface area contributed by atoms with Gasteiger partial charge in [-0.15, -0.1) is 11.3 Å². The van der Waals surface area contributed by atoms with Crippen LogP contribution in [-0.4, -0.2) is 21.9 Å². The first-order valence-electron chi connectivity index (χ1n) is 7.66. The number of allylic oxidation sites excluding steroid dienone is 4. The number of hydrogen-bond acceptors (Lipinski definition) is 4. The fraction of sp³-hybridized carbons (Fsp3) is 0.333. The molecule has 0 atom stereocenters. The van der Waals surface area contributed by atoms with Crippen molar-refractivity contribution >= 4 is 27.1 Å². The van der Waals surface area contributed by atoms with Crippen LogP contribution in [-0.2, 0) is 6.54 Å². The summed E-state index contributed by atoms with van der Waals surface area (Å²) in [7, 11) is 1.97. The molecule has 23 heavy (non-hydrogen) atoms. The van der Waals surface area contributed by atoms with Gasteiger partial charge in [0.1, 0.15) is 10.5 Å². The minimum Gasteiger partial charge on any atom is -0.373 e. The lowest BCUT2D eigenvalue weighted by atomic mass is 10.1. The quantitative estimate of drug-likeness (QED) is 0.803. The first kappa shape index (κ1) is 17.2. The second-order valence-electron chi connectivity index (χ2n) is 5.66. The second kappa shape index (κ2) is 7.42. The number of nitrogens with zero attached hydrogens (tertiary/aromatic N) is 2. The maximum absolute atomic E-state index is 12.3. The van der Waals surface area contributed by atoms with Crippen molar-refractivity contribution in [1.82, 2.24) is 14.9 Å². The van der Waals surface area contributed by atoms with Crippen molar-refractivity contribution < 1.29 is 0 Å². The van der Waals surface area contributed by atoms with Crippen molar-refractivity contribution in [2.24, 2.45) is 0 Å². The van der Waals surface area contributed by atoms with Gasteiger partial charge in [0.15, 0.2) is 0 Å². The minimum absolute atomic E-state index is 0.0775. The standard InChI is InChI=1S/C18H23N3OS/c1-6-8-9-21(5)11-16-19-14-10-15(13(7-2)12(3)4)23-17(14)18(22)20-16/h7-10H,2,6,11H2,1,3-5H3,(H,19,20,22)/b9-8-. The van der Waals surface area contributed by atoms with Crippen molar-refractivity contribution in [3.63, 3.8) is 0 Å². The molecule has 1 N–H and O–H groups in total. The molecule has 0 saturated carbocycles.